The minimum atomic E-state index is -1.11. The summed E-state index contributed by atoms with van der Waals surface area (Å²) < 4.78 is 20.7. The normalized spacial score (nSPS) is 12.5. The van der Waals surface area contributed by atoms with Crippen molar-refractivity contribution in [2.75, 3.05) is 12.4 Å². The van der Waals surface area contributed by atoms with Gasteiger partial charge in [0.2, 0.25) is 0 Å². The van der Waals surface area contributed by atoms with Crippen LogP contribution in [0, 0.1) is 11.2 Å². The van der Waals surface area contributed by atoms with Crippen LogP contribution in [0.4, 0.5) is 10.1 Å². The summed E-state index contributed by atoms with van der Waals surface area (Å²) in [5.74, 6) is -1.11. The second-order valence-electron chi connectivity index (χ2n) is 7.13. The first-order chi connectivity index (χ1) is 12.1. The van der Waals surface area contributed by atoms with Crippen molar-refractivity contribution in [3.05, 3.63) is 58.3 Å². The lowest BCUT2D eigenvalue weighted by molar-refractivity contribution is -0.140. The Kier molecular flexibility index (Phi) is 5.69. The van der Waals surface area contributed by atoms with Crippen LogP contribution < -0.4 is 15.6 Å². The molecule has 1 aromatic carbocycles. The Morgan fingerprint density at radius 1 is 1.31 bits per heavy atom. The second kappa shape index (κ2) is 7.59. The van der Waals surface area contributed by atoms with Crippen molar-refractivity contribution in [3.63, 3.8) is 0 Å². The number of carboxylic acid groups (broad SMARTS) is 1. The van der Waals surface area contributed by atoms with Crippen molar-refractivity contribution in [3.8, 4) is 5.75 Å². The van der Waals surface area contributed by atoms with E-state index < -0.39 is 28.8 Å². The minimum Gasteiger partial charge on any atom is -0.497 e. The number of halogens is 1. The number of aliphatic carboxylic acids is 1. The number of rotatable bonds is 6. The van der Waals surface area contributed by atoms with Gasteiger partial charge < -0.3 is 19.7 Å². The van der Waals surface area contributed by atoms with Gasteiger partial charge in [0.15, 0.2) is 5.82 Å². The number of benzene rings is 1. The number of carboxylic acids is 1. The summed E-state index contributed by atoms with van der Waals surface area (Å²) in [7, 11) is 1.56. The SMILES string of the molecule is COc1ccc(Cn2cc(F)c(N[C@H](C(=O)O)C(C)(C)C)cc2=O)cc1. The van der Waals surface area contributed by atoms with Crippen molar-refractivity contribution >= 4 is 11.7 Å². The van der Waals surface area contributed by atoms with Gasteiger partial charge in [0.05, 0.1) is 19.3 Å². The van der Waals surface area contributed by atoms with E-state index in [2.05, 4.69) is 5.32 Å². The average Bonchev–Trinajstić information content (AvgIpc) is 2.55. The van der Waals surface area contributed by atoms with E-state index in [-0.39, 0.29) is 12.2 Å². The van der Waals surface area contributed by atoms with Gasteiger partial charge in [-0.1, -0.05) is 32.9 Å². The Morgan fingerprint density at radius 3 is 2.42 bits per heavy atom. The molecule has 2 aromatic rings. The lowest BCUT2D eigenvalue weighted by Gasteiger charge is -2.28. The molecule has 7 heteroatoms. The summed E-state index contributed by atoms with van der Waals surface area (Å²) in [5, 5.41) is 12.0. The molecule has 1 atom stereocenters. The monoisotopic (exact) mass is 362 g/mol. The highest BCUT2D eigenvalue weighted by molar-refractivity contribution is 5.78. The second-order valence-corrected chi connectivity index (χ2v) is 7.13. The Bertz CT molecular complexity index is 838. The number of anilines is 1. The van der Waals surface area contributed by atoms with Crippen molar-refractivity contribution in [2.45, 2.75) is 33.4 Å². The molecule has 1 heterocycles. The number of methoxy groups -OCH3 is 1. The number of carbonyl (C=O) groups is 1. The van der Waals surface area contributed by atoms with E-state index >= 15 is 0 Å². The predicted molar refractivity (Wildman–Crippen MR) is 97.3 cm³/mol. The van der Waals surface area contributed by atoms with Crippen molar-refractivity contribution in [1.82, 2.24) is 4.57 Å². The van der Waals surface area contributed by atoms with E-state index in [1.54, 1.807) is 52.1 Å². The van der Waals surface area contributed by atoms with E-state index in [9.17, 15) is 19.1 Å². The summed E-state index contributed by atoms with van der Waals surface area (Å²) >= 11 is 0. The first-order valence-electron chi connectivity index (χ1n) is 8.14. The third-order valence-electron chi connectivity index (χ3n) is 4.00. The summed E-state index contributed by atoms with van der Waals surface area (Å²) in [4.78, 5) is 23.7. The maximum absolute atomic E-state index is 14.4. The summed E-state index contributed by atoms with van der Waals surface area (Å²) in [5.41, 5.74) is -0.395. The highest BCUT2D eigenvalue weighted by atomic mass is 19.1. The molecule has 0 aliphatic rings. The molecule has 0 radical (unpaired) electrons. The molecule has 0 spiro atoms. The number of nitrogens with one attached hydrogen (secondary N) is 1. The molecule has 0 aliphatic heterocycles. The average molecular weight is 362 g/mol. The molecule has 2 N–H and O–H groups in total. The molecule has 2 rings (SSSR count). The van der Waals surface area contributed by atoms with E-state index in [0.717, 1.165) is 17.8 Å². The fourth-order valence-corrected chi connectivity index (χ4v) is 2.51. The number of hydrogen-bond acceptors (Lipinski definition) is 4. The number of nitrogens with zero attached hydrogens (tertiary/aromatic N) is 1. The van der Waals surface area contributed by atoms with Crippen LogP contribution in [0.5, 0.6) is 5.75 Å². The van der Waals surface area contributed by atoms with Gasteiger partial charge in [-0.15, -0.1) is 0 Å². The van der Waals surface area contributed by atoms with Gasteiger partial charge in [0, 0.05) is 12.3 Å². The topological polar surface area (TPSA) is 80.6 Å². The Labute approximate surface area is 151 Å². The molecule has 0 amide bonds. The quantitative estimate of drug-likeness (QED) is 0.826. The minimum absolute atomic E-state index is 0.122. The fraction of sp³-hybridized carbons (Fsp3) is 0.368. The van der Waals surface area contributed by atoms with Gasteiger partial charge in [-0.05, 0) is 23.1 Å². The van der Waals surface area contributed by atoms with Gasteiger partial charge >= 0.3 is 5.97 Å². The molecule has 1 aromatic heterocycles. The Morgan fingerprint density at radius 2 is 1.92 bits per heavy atom. The molecular weight excluding hydrogens is 339 g/mol. The first kappa shape index (κ1) is 19.5. The zero-order chi connectivity index (χ0) is 19.5. The summed E-state index contributed by atoms with van der Waals surface area (Å²) in [6, 6.07) is 7.14. The van der Waals surface area contributed by atoms with Gasteiger partial charge in [0.1, 0.15) is 11.8 Å². The van der Waals surface area contributed by atoms with Crippen molar-refractivity contribution < 1.29 is 19.0 Å². The van der Waals surface area contributed by atoms with Crippen LogP contribution >= 0.6 is 0 Å². The van der Waals surface area contributed by atoms with Crippen LogP contribution in [0.3, 0.4) is 0 Å². The largest absolute Gasteiger partial charge is 0.497 e. The summed E-state index contributed by atoms with van der Waals surface area (Å²) in [6.45, 7) is 5.37. The van der Waals surface area contributed by atoms with E-state index in [1.807, 2.05) is 0 Å². The Hall–Kier alpha value is -2.83. The zero-order valence-electron chi connectivity index (χ0n) is 15.2. The van der Waals surface area contributed by atoms with Gasteiger partial charge in [-0.2, -0.15) is 0 Å². The highest BCUT2D eigenvalue weighted by Gasteiger charge is 2.31. The predicted octanol–water partition coefficient (Wildman–Crippen LogP) is 2.96. The van der Waals surface area contributed by atoms with Crippen molar-refractivity contribution in [2.24, 2.45) is 5.41 Å². The molecule has 0 saturated heterocycles. The number of hydrogen-bond donors (Lipinski definition) is 2. The third-order valence-corrected chi connectivity index (χ3v) is 4.00. The van der Waals surface area contributed by atoms with Crippen LogP contribution in [0.2, 0.25) is 0 Å². The number of aromatic nitrogens is 1. The zero-order valence-corrected chi connectivity index (χ0v) is 15.2. The van der Waals surface area contributed by atoms with Crippen LogP contribution in [0.25, 0.3) is 0 Å². The van der Waals surface area contributed by atoms with E-state index in [0.29, 0.717) is 5.75 Å². The third kappa shape index (κ3) is 4.62. The number of ether oxygens (including phenoxy) is 1. The summed E-state index contributed by atoms with van der Waals surface area (Å²) in [6.07, 6.45) is 1.08. The fourth-order valence-electron chi connectivity index (χ4n) is 2.51. The molecule has 0 saturated carbocycles. The lowest BCUT2D eigenvalue weighted by atomic mass is 9.86. The molecule has 6 nitrogen and oxygen atoms in total. The molecule has 0 aliphatic carbocycles. The highest BCUT2D eigenvalue weighted by Crippen LogP contribution is 2.24. The van der Waals surface area contributed by atoms with Crippen LogP contribution in [0.15, 0.2) is 41.3 Å². The van der Waals surface area contributed by atoms with E-state index in [1.165, 1.54) is 4.57 Å². The molecule has 140 valence electrons. The van der Waals surface area contributed by atoms with Gasteiger partial charge in [0.25, 0.3) is 5.56 Å². The number of pyridine rings is 1. The van der Waals surface area contributed by atoms with Gasteiger partial charge in [-0.3, -0.25) is 4.79 Å². The van der Waals surface area contributed by atoms with Crippen LogP contribution in [-0.4, -0.2) is 28.8 Å². The maximum Gasteiger partial charge on any atom is 0.326 e. The maximum atomic E-state index is 14.4. The van der Waals surface area contributed by atoms with Crippen LogP contribution in [-0.2, 0) is 11.3 Å². The van der Waals surface area contributed by atoms with Crippen molar-refractivity contribution in [1.29, 1.82) is 0 Å². The lowest BCUT2D eigenvalue weighted by Crippen LogP contribution is -2.41. The first-order valence-corrected chi connectivity index (χ1v) is 8.14. The standard InChI is InChI=1S/C19H23FN2O4/c1-19(2,3)17(18(24)25)21-15-9-16(23)22(11-14(15)20)10-12-5-7-13(26-4)8-6-12/h5-9,11,17,21H,10H2,1-4H3,(H,24,25)/t17-/m1/s1. The molecule has 26 heavy (non-hydrogen) atoms. The molecule has 0 bridgehead atoms. The smallest absolute Gasteiger partial charge is 0.326 e. The van der Waals surface area contributed by atoms with Gasteiger partial charge in [-0.25, -0.2) is 9.18 Å². The Balaban J connectivity index is 2.27. The van der Waals surface area contributed by atoms with Crippen LogP contribution in [0.1, 0.15) is 26.3 Å². The molecule has 0 fully saturated rings. The molecule has 0 unspecified atom stereocenters. The molecular formula is C19H23FN2O4. The van der Waals surface area contributed by atoms with E-state index in [4.69, 9.17) is 4.74 Å².